The van der Waals surface area contributed by atoms with Crippen molar-refractivity contribution in [2.75, 3.05) is 0 Å². The zero-order chi connectivity index (χ0) is 11.8. The molecule has 0 aliphatic heterocycles. The van der Waals surface area contributed by atoms with Crippen molar-refractivity contribution in [3.8, 4) is 11.4 Å². The zero-order valence-electron chi connectivity index (χ0n) is 9.24. The first kappa shape index (κ1) is 10.3. The predicted octanol–water partition coefficient (Wildman–Crippen LogP) is 3.59. The molecule has 84 valence electrons. The number of H-pyrrole nitrogens is 1. The van der Waals surface area contributed by atoms with Crippen LogP contribution in [0.4, 0.5) is 0 Å². The van der Waals surface area contributed by atoms with E-state index in [-0.39, 0.29) is 0 Å². The van der Waals surface area contributed by atoms with E-state index < -0.39 is 0 Å². The molecule has 1 aromatic carbocycles. The fourth-order valence-electron chi connectivity index (χ4n) is 1.87. The summed E-state index contributed by atoms with van der Waals surface area (Å²) < 4.78 is 0. The van der Waals surface area contributed by atoms with Crippen LogP contribution in [0.25, 0.3) is 22.4 Å². The molecular weight excluding hydrogens is 234 g/mol. The van der Waals surface area contributed by atoms with E-state index in [1.165, 1.54) is 5.56 Å². The Morgan fingerprint density at radius 3 is 2.76 bits per heavy atom. The van der Waals surface area contributed by atoms with Crippen molar-refractivity contribution in [3.05, 3.63) is 47.2 Å². The normalized spacial score (nSPS) is 10.9. The quantitative estimate of drug-likeness (QED) is 0.664. The Kier molecular flexibility index (Phi) is 2.34. The number of aryl methyl sites for hydroxylation is 1. The lowest BCUT2D eigenvalue weighted by Gasteiger charge is -2.00. The van der Waals surface area contributed by atoms with Gasteiger partial charge in [0.25, 0.3) is 0 Å². The summed E-state index contributed by atoms with van der Waals surface area (Å²) in [5.74, 6) is 0.827. The molecule has 3 rings (SSSR count). The van der Waals surface area contributed by atoms with Crippen LogP contribution in [0.3, 0.4) is 0 Å². The highest BCUT2D eigenvalue weighted by Gasteiger charge is 2.09. The van der Waals surface area contributed by atoms with E-state index in [1.54, 1.807) is 6.20 Å². The van der Waals surface area contributed by atoms with Crippen LogP contribution in [0.15, 0.2) is 36.5 Å². The Morgan fingerprint density at radius 1 is 1.18 bits per heavy atom. The highest BCUT2D eigenvalue weighted by molar-refractivity contribution is 6.33. The van der Waals surface area contributed by atoms with Crippen molar-refractivity contribution in [2.24, 2.45) is 0 Å². The van der Waals surface area contributed by atoms with E-state index in [9.17, 15) is 0 Å². The van der Waals surface area contributed by atoms with Gasteiger partial charge in [-0.25, -0.2) is 9.97 Å². The second-order valence-electron chi connectivity index (χ2n) is 3.90. The number of pyridine rings is 1. The molecule has 0 aliphatic carbocycles. The van der Waals surface area contributed by atoms with Crippen LogP contribution in [0, 0.1) is 6.92 Å². The van der Waals surface area contributed by atoms with Crippen molar-refractivity contribution < 1.29 is 0 Å². The number of hydrogen-bond donors (Lipinski definition) is 1. The molecule has 0 bridgehead atoms. The van der Waals surface area contributed by atoms with Gasteiger partial charge in [0.15, 0.2) is 5.15 Å². The van der Waals surface area contributed by atoms with Crippen molar-refractivity contribution >= 4 is 22.6 Å². The van der Waals surface area contributed by atoms with E-state index in [2.05, 4.69) is 27.9 Å². The first-order valence-corrected chi connectivity index (χ1v) is 5.70. The lowest BCUT2D eigenvalue weighted by molar-refractivity contribution is 1.30. The minimum atomic E-state index is 0.429. The zero-order valence-corrected chi connectivity index (χ0v) is 9.99. The number of benzene rings is 1. The van der Waals surface area contributed by atoms with Gasteiger partial charge < -0.3 is 4.98 Å². The number of imidazole rings is 1. The topological polar surface area (TPSA) is 41.6 Å². The van der Waals surface area contributed by atoms with E-state index in [4.69, 9.17) is 11.6 Å². The molecule has 0 radical (unpaired) electrons. The molecule has 0 aliphatic rings. The molecule has 2 heterocycles. The Balaban J connectivity index is 2.26. The summed E-state index contributed by atoms with van der Waals surface area (Å²) in [6, 6.07) is 9.97. The molecule has 0 amide bonds. The summed E-state index contributed by atoms with van der Waals surface area (Å²) in [4.78, 5) is 11.8. The third-order valence-electron chi connectivity index (χ3n) is 2.76. The van der Waals surface area contributed by atoms with Gasteiger partial charge in [-0.2, -0.15) is 0 Å². The summed E-state index contributed by atoms with van der Waals surface area (Å²) in [6.45, 7) is 2.06. The number of halogens is 1. The summed E-state index contributed by atoms with van der Waals surface area (Å²) in [5, 5.41) is 0.429. The van der Waals surface area contributed by atoms with Crippen LogP contribution in [-0.2, 0) is 0 Å². The second kappa shape index (κ2) is 3.86. The number of rotatable bonds is 1. The Hall–Kier alpha value is -1.87. The van der Waals surface area contributed by atoms with Crippen LogP contribution >= 0.6 is 11.6 Å². The molecule has 17 heavy (non-hydrogen) atoms. The summed E-state index contributed by atoms with van der Waals surface area (Å²) in [6.07, 6.45) is 1.67. The van der Waals surface area contributed by atoms with Gasteiger partial charge in [0.05, 0.1) is 5.52 Å². The fourth-order valence-corrected chi connectivity index (χ4v) is 2.07. The van der Waals surface area contributed by atoms with Crippen molar-refractivity contribution in [2.45, 2.75) is 6.92 Å². The Labute approximate surface area is 103 Å². The van der Waals surface area contributed by atoms with E-state index in [0.717, 1.165) is 16.9 Å². The van der Waals surface area contributed by atoms with Crippen molar-refractivity contribution in [3.63, 3.8) is 0 Å². The van der Waals surface area contributed by atoms with Gasteiger partial charge in [0, 0.05) is 11.8 Å². The molecular formula is C13H10ClN3. The van der Waals surface area contributed by atoms with Crippen molar-refractivity contribution in [1.82, 2.24) is 15.0 Å². The summed E-state index contributed by atoms with van der Waals surface area (Å²) in [7, 11) is 0. The summed E-state index contributed by atoms with van der Waals surface area (Å²) in [5.41, 5.74) is 3.88. The molecule has 0 saturated heterocycles. The van der Waals surface area contributed by atoms with Crippen LogP contribution in [0.1, 0.15) is 5.56 Å². The van der Waals surface area contributed by atoms with Gasteiger partial charge in [-0.1, -0.05) is 35.9 Å². The van der Waals surface area contributed by atoms with E-state index in [1.807, 2.05) is 24.3 Å². The molecule has 2 aromatic heterocycles. The molecule has 0 spiro atoms. The molecule has 0 unspecified atom stereocenters. The largest absolute Gasteiger partial charge is 0.338 e. The number of nitrogens with one attached hydrogen (secondary N) is 1. The molecule has 3 nitrogen and oxygen atoms in total. The average Bonchev–Trinajstić information content (AvgIpc) is 2.75. The van der Waals surface area contributed by atoms with Gasteiger partial charge >= 0.3 is 0 Å². The maximum Gasteiger partial charge on any atom is 0.156 e. The van der Waals surface area contributed by atoms with Gasteiger partial charge in [0.2, 0.25) is 0 Å². The average molecular weight is 244 g/mol. The molecule has 0 saturated carbocycles. The Morgan fingerprint density at radius 2 is 2.00 bits per heavy atom. The fraction of sp³-hybridized carbons (Fsp3) is 0.0769. The van der Waals surface area contributed by atoms with Crippen molar-refractivity contribution in [1.29, 1.82) is 0 Å². The number of hydrogen-bond acceptors (Lipinski definition) is 2. The highest BCUT2D eigenvalue weighted by atomic mass is 35.5. The second-order valence-corrected chi connectivity index (χ2v) is 4.26. The molecule has 3 aromatic rings. The molecule has 4 heteroatoms. The van der Waals surface area contributed by atoms with Crippen LogP contribution in [0.5, 0.6) is 0 Å². The first-order chi connectivity index (χ1) is 8.25. The van der Waals surface area contributed by atoms with Crippen LogP contribution in [0.2, 0.25) is 5.15 Å². The van der Waals surface area contributed by atoms with E-state index in [0.29, 0.717) is 10.7 Å². The number of aromatic nitrogens is 3. The van der Waals surface area contributed by atoms with Gasteiger partial charge in [0.1, 0.15) is 11.3 Å². The minimum Gasteiger partial charge on any atom is -0.338 e. The molecule has 1 N–H and O–H groups in total. The third kappa shape index (κ3) is 1.68. The number of nitrogens with zero attached hydrogens (tertiary/aromatic N) is 2. The van der Waals surface area contributed by atoms with Gasteiger partial charge in [-0.3, -0.25) is 0 Å². The van der Waals surface area contributed by atoms with Crippen LogP contribution in [-0.4, -0.2) is 15.0 Å². The monoisotopic (exact) mass is 243 g/mol. The minimum absolute atomic E-state index is 0.429. The first-order valence-electron chi connectivity index (χ1n) is 5.32. The molecule has 0 atom stereocenters. The summed E-state index contributed by atoms with van der Waals surface area (Å²) >= 11 is 6.00. The van der Waals surface area contributed by atoms with E-state index >= 15 is 0 Å². The number of fused-ring (bicyclic) bond motifs is 1. The maximum atomic E-state index is 6.00. The SMILES string of the molecule is Cc1ccccc1-c1nc2c(Cl)nccc2[nH]1. The maximum absolute atomic E-state index is 6.00. The highest BCUT2D eigenvalue weighted by Crippen LogP contribution is 2.25. The lowest BCUT2D eigenvalue weighted by Crippen LogP contribution is -1.84. The van der Waals surface area contributed by atoms with Gasteiger partial charge in [-0.05, 0) is 18.6 Å². The standard InChI is InChI=1S/C13H10ClN3/c1-8-4-2-3-5-9(8)13-16-10-6-7-15-12(14)11(10)17-13/h2-7H,1H3,(H,16,17). The third-order valence-corrected chi connectivity index (χ3v) is 3.03. The Bertz CT molecular complexity index is 688. The number of aromatic amines is 1. The van der Waals surface area contributed by atoms with Gasteiger partial charge in [-0.15, -0.1) is 0 Å². The predicted molar refractivity (Wildman–Crippen MR) is 69.1 cm³/mol. The smallest absolute Gasteiger partial charge is 0.156 e. The van der Waals surface area contributed by atoms with Crippen LogP contribution < -0.4 is 0 Å². The lowest BCUT2D eigenvalue weighted by atomic mass is 10.1. The molecule has 0 fully saturated rings.